The van der Waals surface area contributed by atoms with Gasteiger partial charge in [-0.25, -0.2) is 9.97 Å². The van der Waals surface area contributed by atoms with E-state index in [9.17, 15) is 0 Å². The summed E-state index contributed by atoms with van der Waals surface area (Å²) in [4.78, 5) is 16.9. The lowest BCUT2D eigenvalue weighted by molar-refractivity contribution is 0.609. The first-order valence-corrected chi connectivity index (χ1v) is 13.4. The predicted octanol–water partition coefficient (Wildman–Crippen LogP) is 6.24. The highest BCUT2D eigenvalue weighted by Gasteiger charge is 2.24. The molecule has 0 bridgehead atoms. The van der Waals surface area contributed by atoms with Crippen LogP contribution in [0.3, 0.4) is 0 Å². The van der Waals surface area contributed by atoms with Crippen molar-refractivity contribution in [2.75, 3.05) is 6.54 Å². The largest absolute Gasteiger partial charge is 0.344 e. The zero-order valence-corrected chi connectivity index (χ0v) is 20.2. The molecule has 2 aromatic carbocycles. The van der Waals surface area contributed by atoms with E-state index in [4.69, 9.17) is 4.98 Å². The fraction of sp³-hybridized carbons (Fsp3) is 0.400. The van der Waals surface area contributed by atoms with Crippen LogP contribution in [0.25, 0.3) is 22.4 Å². The van der Waals surface area contributed by atoms with E-state index >= 15 is 0 Å². The molecule has 5 heteroatoms. The van der Waals surface area contributed by atoms with E-state index in [1.54, 1.807) is 0 Å². The van der Waals surface area contributed by atoms with Crippen LogP contribution < -0.4 is 5.32 Å². The molecule has 2 aliphatic carbocycles. The molecule has 7 rings (SSSR count). The Bertz CT molecular complexity index is 1330. The zero-order chi connectivity index (χ0) is 23.2. The second kappa shape index (κ2) is 8.80. The molecule has 1 atom stereocenters. The number of hydrogen-bond donors (Lipinski definition) is 3. The number of H-pyrrole nitrogens is 2. The van der Waals surface area contributed by atoms with Crippen molar-refractivity contribution in [3.05, 3.63) is 82.8 Å². The van der Waals surface area contributed by atoms with Crippen LogP contribution in [-0.2, 0) is 19.3 Å². The summed E-state index contributed by atoms with van der Waals surface area (Å²) in [5, 5.41) is 3.57. The number of fused-ring (bicyclic) bond motifs is 2. The van der Waals surface area contributed by atoms with Crippen molar-refractivity contribution in [3.63, 3.8) is 0 Å². The summed E-state index contributed by atoms with van der Waals surface area (Å²) in [7, 11) is 0. The fourth-order valence-electron chi connectivity index (χ4n) is 6.29. The van der Waals surface area contributed by atoms with E-state index in [1.165, 1.54) is 83.6 Å². The summed E-state index contributed by atoms with van der Waals surface area (Å²) in [6, 6.07) is 16.3. The molecule has 0 radical (unpaired) electrons. The van der Waals surface area contributed by atoms with Gasteiger partial charge in [0.1, 0.15) is 11.6 Å². The maximum atomic E-state index is 5.00. The second-order valence-corrected chi connectivity index (χ2v) is 10.6. The topological polar surface area (TPSA) is 69.4 Å². The predicted molar refractivity (Wildman–Crippen MR) is 139 cm³/mol. The van der Waals surface area contributed by atoms with Gasteiger partial charge in [-0.2, -0.15) is 0 Å². The zero-order valence-electron chi connectivity index (χ0n) is 20.2. The third-order valence-corrected chi connectivity index (χ3v) is 8.34. The lowest BCUT2D eigenvalue weighted by Crippen LogP contribution is -2.14. The molecule has 5 nitrogen and oxygen atoms in total. The Morgan fingerprint density at radius 3 is 2.40 bits per heavy atom. The van der Waals surface area contributed by atoms with E-state index in [0.29, 0.717) is 12.0 Å². The molecule has 0 amide bonds. The summed E-state index contributed by atoms with van der Waals surface area (Å²) in [6.45, 7) is 1.10. The fourth-order valence-corrected chi connectivity index (χ4v) is 6.29. The Hall–Kier alpha value is -3.18. The van der Waals surface area contributed by atoms with Crippen LogP contribution in [0.4, 0.5) is 0 Å². The summed E-state index contributed by atoms with van der Waals surface area (Å²) < 4.78 is 0. The van der Waals surface area contributed by atoms with Gasteiger partial charge in [0.25, 0.3) is 0 Å². The van der Waals surface area contributed by atoms with Crippen molar-refractivity contribution in [1.29, 1.82) is 0 Å². The number of aryl methyl sites for hydroxylation is 2. The van der Waals surface area contributed by atoms with Crippen molar-refractivity contribution in [2.24, 2.45) is 0 Å². The van der Waals surface area contributed by atoms with E-state index in [2.05, 4.69) is 62.7 Å². The molecule has 3 heterocycles. The number of nitrogens with one attached hydrogen (secondary N) is 3. The number of rotatable bonds is 4. The number of aromatic amines is 2. The molecule has 2 fully saturated rings. The minimum atomic E-state index is 0.405. The molecule has 1 aliphatic heterocycles. The number of imidazole rings is 2. The third-order valence-electron chi connectivity index (χ3n) is 8.34. The van der Waals surface area contributed by atoms with Crippen molar-refractivity contribution < 1.29 is 0 Å². The second-order valence-electron chi connectivity index (χ2n) is 10.6. The summed E-state index contributed by atoms with van der Waals surface area (Å²) in [6.07, 6.45) is 12.6. The maximum absolute atomic E-state index is 5.00. The van der Waals surface area contributed by atoms with Gasteiger partial charge in [-0.3, -0.25) is 0 Å². The Morgan fingerprint density at radius 1 is 0.743 bits per heavy atom. The van der Waals surface area contributed by atoms with Gasteiger partial charge in [-0.15, -0.1) is 0 Å². The molecule has 3 aliphatic rings. The van der Waals surface area contributed by atoms with Crippen molar-refractivity contribution in [2.45, 2.75) is 69.7 Å². The van der Waals surface area contributed by atoms with Gasteiger partial charge in [-0.05, 0) is 72.9 Å². The van der Waals surface area contributed by atoms with Gasteiger partial charge >= 0.3 is 0 Å². The van der Waals surface area contributed by atoms with Crippen LogP contribution >= 0.6 is 0 Å². The summed E-state index contributed by atoms with van der Waals surface area (Å²) in [5.74, 6) is 2.92. The molecule has 0 spiro atoms. The number of nitrogens with zero attached hydrogens (tertiary/aromatic N) is 2. The van der Waals surface area contributed by atoms with Crippen LogP contribution in [0.5, 0.6) is 0 Å². The Labute approximate surface area is 206 Å². The lowest BCUT2D eigenvalue weighted by atomic mass is 9.95. The first-order chi connectivity index (χ1) is 17.3. The Balaban J connectivity index is 1.10. The number of hydrogen-bond acceptors (Lipinski definition) is 3. The molecular formula is C30H33N5. The highest BCUT2D eigenvalue weighted by Crippen LogP contribution is 2.34. The number of aromatic nitrogens is 4. The molecule has 1 saturated heterocycles. The molecule has 35 heavy (non-hydrogen) atoms. The summed E-state index contributed by atoms with van der Waals surface area (Å²) >= 11 is 0. The standard InChI is InChI=1S/C30H33N5/c1-2-5-21(4-1)29-32-18-28(35-29)20-9-7-19(8-10-20)22-11-12-24-17-27-25(14-13-23(24)16-22)33-30(34-27)26-6-3-15-31-26/h7-12,16,18,21,26,31H,1-6,13-15,17H2,(H,32,35)(H,33,34)/t26-/m0/s1. The van der Waals surface area contributed by atoms with Gasteiger partial charge in [0, 0.05) is 18.0 Å². The summed E-state index contributed by atoms with van der Waals surface area (Å²) in [5.41, 5.74) is 10.3. The van der Waals surface area contributed by atoms with Gasteiger partial charge < -0.3 is 15.3 Å². The molecule has 0 unspecified atom stereocenters. The number of benzene rings is 2. The van der Waals surface area contributed by atoms with Crippen LogP contribution in [0.2, 0.25) is 0 Å². The first-order valence-electron chi connectivity index (χ1n) is 13.4. The molecular weight excluding hydrogens is 430 g/mol. The van der Waals surface area contributed by atoms with Crippen molar-refractivity contribution >= 4 is 0 Å². The van der Waals surface area contributed by atoms with Crippen LogP contribution in [0, 0.1) is 0 Å². The van der Waals surface area contributed by atoms with Crippen LogP contribution in [0.15, 0.2) is 48.7 Å². The monoisotopic (exact) mass is 463 g/mol. The Morgan fingerprint density at radius 2 is 1.57 bits per heavy atom. The van der Waals surface area contributed by atoms with Crippen LogP contribution in [0.1, 0.15) is 84.6 Å². The van der Waals surface area contributed by atoms with Gasteiger partial charge in [0.2, 0.25) is 0 Å². The minimum Gasteiger partial charge on any atom is -0.344 e. The van der Waals surface area contributed by atoms with E-state index < -0.39 is 0 Å². The molecule has 4 aromatic rings. The Kier molecular flexibility index (Phi) is 5.31. The van der Waals surface area contributed by atoms with Gasteiger partial charge in [0.05, 0.1) is 23.6 Å². The van der Waals surface area contributed by atoms with Crippen LogP contribution in [-0.4, -0.2) is 26.5 Å². The SMILES string of the molecule is c1cc(-c2cnc(C3CCCC3)[nH]2)ccc1-c1ccc2c(c1)CCc1nc([C@@H]3CCCN3)[nH]c1C2. The van der Waals surface area contributed by atoms with E-state index in [0.717, 1.165) is 37.3 Å². The van der Waals surface area contributed by atoms with Crippen molar-refractivity contribution in [3.8, 4) is 22.4 Å². The lowest BCUT2D eigenvalue weighted by Gasteiger charge is -2.10. The maximum Gasteiger partial charge on any atom is 0.123 e. The first kappa shape index (κ1) is 21.1. The smallest absolute Gasteiger partial charge is 0.123 e. The third kappa shape index (κ3) is 4.02. The molecule has 3 N–H and O–H groups in total. The molecule has 178 valence electrons. The van der Waals surface area contributed by atoms with Gasteiger partial charge in [0.15, 0.2) is 0 Å². The highest BCUT2D eigenvalue weighted by molar-refractivity contribution is 5.69. The minimum absolute atomic E-state index is 0.405. The quantitative estimate of drug-likeness (QED) is 0.336. The van der Waals surface area contributed by atoms with Gasteiger partial charge in [-0.1, -0.05) is 55.3 Å². The molecule has 1 saturated carbocycles. The van der Waals surface area contributed by atoms with Crippen molar-refractivity contribution in [1.82, 2.24) is 25.3 Å². The molecule has 2 aromatic heterocycles. The highest BCUT2D eigenvalue weighted by atomic mass is 15.0. The average Bonchev–Trinajstić information content (AvgIpc) is 3.70. The van der Waals surface area contributed by atoms with E-state index in [1.807, 2.05) is 6.20 Å². The average molecular weight is 464 g/mol. The van der Waals surface area contributed by atoms with E-state index in [-0.39, 0.29) is 0 Å². The normalized spacial score (nSPS) is 20.1.